The van der Waals surface area contributed by atoms with Crippen molar-refractivity contribution in [2.75, 3.05) is 10.6 Å². The second-order valence-corrected chi connectivity index (χ2v) is 6.85. The molecule has 1 aromatic carbocycles. The van der Waals surface area contributed by atoms with Crippen molar-refractivity contribution in [3.8, 4) is 6.07 Å². The Labute approximate surface area is 150 Å². The molecule has 2 N–H and O–H groups in total. The summed E-state index contributed by atoms with van der Waals surface area (Å²) in [7, 11) is 0. The Bertz CT molecular complexity index is 857. The number of benzene rings is 1. The molecule has 25 heavy (non-hydrogen) atoms. The number of carbonyl (C=O) groups excluding carboxylic acids is 1. The molecule has 0 fully saturated rings. The molecular weight excluding hydrogens is 340 g/mol. The summed E-state index contributed by atoms with van der Waals surface area (Å²) in [5.74, 6) is 0.241. The quantitative estimate of drug-likeness (QED) is 0.847. The van der Waals surface area contributed by atoms with Gasteiger partial charge in [-0.05, 0) is 44.2 Å². The van der Waals surface area contributed by atoms with Crippen LogP contribution in [-0.4, -0.2) is 16.6 Å². The Balaban J connectivity index is 1.80. The number of nitrogens with one attached hydrogen (secondary N) is 2. The number of nitriles is 1. The smallest absolute Gasteiger partial charge is 0.324 e. The van der Waals surface area contributed by atoms with Gasteiger partial charge in [0.25, 0.3) is 0 Å². The van der Waals surface area contributed by atoms with Gasteiger partial charge in [0.1, 0.15) is 6.07 Å². The summed E-state index contributed by atoms with van der Waals surface area (Å²) in [5.41, 5.74) is 2.27. The molecule has 0 saturated heterocycles. The molecule has 0 spiro atoms. The third-order valence-electron chi connectivity index (χ3n) is 3.86. The van der Waals surface area contributed by atoms with Gasteiger partial charge in [-0.15, -0.1) is 0 Å². The highest BCUT2D eigenvalue weighted by Gasteiger charge is 2.28. The number of amides is 2. The zero-order chi connectivity index (χ0) is 18.0. The van der Waals surface area contributed by atoms with E-state index >= 15 is 0 Å². The molecule has 128 valence electrons. The first-order valence-electron chi connectivity index (χ1n) is 7.77. The van der Waals surface area contributed by atoms with Gasteiger partial charge in [0.15, 0.2) is 5.82 Å². The van der Waals surface area contributed by atoms with Crippen LogP contribution in [0, 0.1) is 11.3 Å². The molecular formula is C18H17ClN4O2. The van der Waals surface area contributed by atoms with Gasteiger partial charge in [-0.1, -0.05) is 11.6 Å². The van der Waals surface area contributed by atoms with Crippen LogP contribution in [0.5, 0.6) is 0 Å². The number of halogens is 1. The first-order chi connectivity index (χ1) is 11.9. The maximum absolute atomic E-state index is 12.2. The molecule has 2 aromatic rings. The van der Waals surface area contributed by atoms with E-state index in [1.165, 1.54) is 0 Å². The minimum Gasteiger partial charge on any atom is -0.370 e. The molecule has 1 aromatic heterocycles. The molecule has 2 amide bonds. The number of urea groups is 1. The third kappa shape index (κ3) is 4.08. The van der Waals surface area contributed by atoms with E-state index in [2.05, 4.69) is 21.7 Å². The normalized spacial score (nSPS) is 15.0. The van der Waals surface area contributed by atoms with Gasteiger partial charge < -0.3 is 10.1 Å². The molecule has 1 aliphatic heterocycles. The fourth-order valence-electron chi connectivity index (χ4n) is 2.58. The third-order valence-corrected chi connectivity index (χ3v) is 4.11. The molecule has 3 rings (SSSR count). The fourth-order valence-corrected chi connectivity index (χ4v) is 2.71. The molecule has 6 nitrogen and oxygen atoms in total. The lowest BCUT2D eigenvalue weighted by atomic mass is 9.95. The van der Waals surface area contributed by atoms with Crippen LogP contribution in [0.2, 0.25) is 5.02 Å². The molecule has 2 heterocycles. The SMILES string of the molecule is CC1(C)Cc2nc(NC(=O)Nc3ccc(Cl)cc3)c(C#N)cc2CO1. The number of hydrogen-bond donors (Lipinski definition) is 2. The molecule has 0 atom stereocenters. The molecule has 0 saturated carbocycles. The Kier molecular flexibility index (Phi) is 4.62. The molecule has 1 aliphatic rings. The number of fused-ring (bicyclic) bond motifs is 1. The van der Waals surface area contributed by atoms with Gasteiger partial charge in [0.2, 0.25) is 0 Å². The average Bonchev–Trinajstić information content (AvgIpc) is 2.55. The van der Waals surface area contributed by atoms with Crippen LogP contribution in [0.4, 0.5) is 16.3 Å². The van der Waals surface area contributed by atoms with Crippen LogP contribution >= 0.6 is 11.6 Å². The standard InChI is InChI=1S/C18H17ClN4O2/c1-18(2)8-15-12(10-25-18)7-11(9-20)16(22-15)23-17(24)21-14-5-3-13(19)4-6-14/h3-7H,8,10H2,1-2H3,(H2,21,22,23,24). The zero-order valence-electron chi connectivity index (χ0n) is 13.9. The van der Waals surface area contributed by atoms with Crippen LogP contribution in [0.1, 0.15) is 30.7 Å². The van der Waals surface area contributed by atoms with Crippen molar-refractivity contribution < 1.29 is 9.53 Å². The maximum Gasteiger partial charge on any atom is 0.324 e. The lowest BCUT2D eigenvalue weighted by molar-refractivity contribution is -0.0412. The van der Waals surface area contributed by atoms with Crippen LogP contribution in [0.15, 0.2) is 30.3 Å². The fraction of sp³-hybridized carbons (Fsp3) is 0.278. The number of ether oxygens (including phenoxy) is 1. The van der Waals surface area contributed by atoms with Gasteiger partial charge >= 0.3 is 6.03 Å². The highest BCUT2D eigenvalue weighted by atomic mass is 35.5. The predicted octanol–water partition coefficient (Wildman–Crippen LogP) is 4.10. The second kappa shape index (κ2) is 6.71. The van der Waals surface area contributed by atoms with Crippen LogP contribution < -0.4 is 10.6 Å². The van der Waals surface area contributed by atoms with E-state index in [1.807, 2.05) is 13.8 Å². The van der Waals surface area contributed by atoms with Gasteiger partial charge in [-0.3, -0.25) is 5.32 Å². The minimum atomic E-state index is -0.474. The highest BCUT2D eigenvalue weighted by molar-refractivity contribution is 6.30. The molecule has 7 heteroatoms. The van der Waals surface area contributed by atoms with E-state index in [0.717, 1.165) is 11.3 Å². The van der Waals surface area contributed by atoms with Crippen molar-refractivity contribution in [1.82, 2.24) is 4.98 Å². The average molecular weight is 357 g/mol. The largest absolute Gasteiger partial charge is 0.370 e. The monoisotopic (exact) mass is 356 g/mol. The summed E-state index contributed by atoms with van der Waals surface area (Å²) in [6.07, 6.45) is 0.613. The summed E-state index contributed by atoms with van der Waals surface area (Å²) < 4.78 is 5.74. The summed E-state index contributed by atoms with van der Waals surface area (Å²) in [6, 6.07) is 10.0. The summed E-state index contributed by atoms with van der Waals surface area (Å²) in [5, 5.41) is 15.2. The lowest BCUT2D eigenvalue weighted by Gasteiger charge is -2.31. The van der Waals surface area contributed by atoms with Crippen LogP contribution in [-0.2, 0) is 17.8 Å². The Morgan fingerprint density at radius 3 is 2.72 bits per heavy atom. The second-order valence-electron chi connectivity index (χ2n) is 6.41. The minimum absolute atomic E-state index is 0.241. The summed E-state index contributed by atoms with van der Waals surface area (Å²) >= 11 is 5.82. The maximum atomic E-state index is 12.2. The Morgan fingerprint density at radius 1 is 1.32 bits per heavy atom. The van der Waals surface area contributed by atoms with Crippen molar-refractivity contribution in [3.05, 3.63) is 52.2 Å². The van der Waals surface area contributed by atoms with E-state index in [-0.39, 0.29) is 11.4 Å². The van der Waals surface area contributed by atoms with E-state index in [1.54, 1.807) is 30.3 Å². The van der Waals surface area contributed by atoms with Gasteiger partial charge in [0, 0.05) is 22.7 Å². The topological polar surface area (TPSA) is 87.0 Å². The van der Waals surface area contributed by atoms with Gasteiger partial charge in [-0.25, -0.2) is 9.78 Å². The van der Waals surface area contributed by atoms with Gasteiger partial charge in [-0.2, -0.15) is 5.26 Å². The number of pyridine rings is 1. The molecule has 0 unspecified atom stereocenters. The lowest BCUT2D eigenvalue weighted by Crippen LogP contribution is -2.33. The zero-order valence-corrected chi connectivity index (χ0v) is 14.6. The number of aromatic nitrogens is 1. The first-order valence-corrected chi connectivity index (χ1v) is 8.14. The number of carbonyl (C=O) groups is 1. The van der Waals surface area contributed by atoms with Crippen molar-refractivity contribution in [2.45, 2.75) is 32.5 Å². The molecule has 0 radical (unpaired) electrons. The Hall–Kier alpha value is -2.62. The van der Waals surface area contributed by atoms with Crippen LogP contribution in [0.25, 0.3) is 0 Å². The van der Waals surface area contributed by atoms with E-state index < -0.39 is 6.03 Å². The van der Waals surface area contributed by atoms with Crippen molar-refractivity contribution in [1.29, 1.82) is 5.26 Å². The molecule has 0 bridgehead atoms. The van der Waals surface area contributed by atoms with Crippen molar-refractivity contribution in [3.63, 3.8) is 0 Å². The molecule has 0 aliphatic carbocycles. The van der Waals surface area contributed by atoms with Crippen molar-refractivity contribution >= 4 is 29.1 Å². The number of hydrogen-bond acceptors (Lipinski definition) is 4. The summed E-state index contributed by atoms with van der Waals surface area (Å²) in [6.45, 7) is 4.37. The van der Waals surface area contributed by atoms with Gasteiger partial charge in [0.05, 0.1) is 23.5 Å². The van der Waals surface area contributed by atoms with Crippen LogP contribution in [0.3, 0.4) is 0 Å². The Morgan fingerprint density at radius 2 is 2.04 bits per heavy atom. The first kappa shape index (κ1) is 17.2. The predicted molar refractivity (Wildman–Crippen MR) is 95.6 cm³/mol. The number of rotatable bonds is 2. The highest BCUT2D eigenvalue weighted by Crippen LogP contribution is 2.29. The number of nitrogens with zero attached hydrogens (tertiary/aromatic N) is 2. The van der Waals surface area contributed by atoms with E-state index in [0.29, 0.717) is 29.3 Å². The summed E-state index contributed by atoms with van der Waals surface area (Å²) in [4.78, 5) is 16.7. The number of anilines is 2. The van der Waals surface area contributed by atoms with E-state index in [4.69, 9.17) is 16.3 Å². The van der Waals surface area contributed by atoms with E-state index in [9.17, 15) is 10.1 Å². The van der Waals surface area contributed by atoms with Crippen molar-refractivity contribution in [2.24, 2.45) is 0 Å².